The second-order valence-electron chi connectivity index (χ2n) is 5.89. The Hall–Kier alpha value is -2.08. The molecule has 1 N–H and O–H groups in total. The number of hydrogen-bond donors (Lipinski definition) is 1. The Kier molecular flexibility index (Phi) is 4.81. The van der Waals surface area contributed by atoms with Gasteiger partial charge in [0, 0.05) is 37.3 Å². The molecule has 0 aliphatic carbocycles. The molecule has 23 heavy (non-hydrogen) atoms. The van der Waals surface area contributed by atoms with E-state index in [1.165, 1.54) is 0 Å². The zero-order valence-electron chi connectivity index (χ0n) is 13.4. The smallest absolute Gasteiger partial charge is 0.289 e. The molecule has 6 nitrogen and oxygen atoms in total. The summed E-state index contributed by atoms with van der Waals surface area (Å²) in [4.78, 5) is 14.3. The van der Waals surface area contributed by atoms with Crippen LogP contribution in [0, 0.1) is 0 Å². The van der Waals surface area contributed by atoms with Gasteiger partial charge in [-0.25, -0.2) is 0 Å². The molecule has 1 aliphatic rings. The highest BCUT2D eigenvalue weighted by atomic mass is 16.4. The van der Waals surface area contributed by atoms with Crippen LogP contribution >= 0.6 is 0 Å². The van der Waals surface area contributed by atoms with Crippen molar-refractivity contribution in [2.45, 2.75) is 38.6 Å². The Balaban J connectivity index is 1.61. The van der Waals surface area contributed by atoms with Crippen LogP contribution in [0.15, 0.2) is 28.8 Å². The maximum Gasteiger partial charge on any atom is 0.289 e. The monoisotopic (exact) mass is 317 g/mol. The predicted molar refractivity (Wildman–Crippen MR) is 85.3 cm³/mol. The molecule has 0 atom stereocenters. The SMILES string of the molecule is CCc1ccc(C(=O)N2CCC(c3ccnn3CCO)CC2)o1. The predicted octanol–water partition coefficient (Wildman–Crippen LogP) is 2.05. The van der Waals surface area contributed by atoms with E-state index in [0.717, 1.165) is 43.8 Å². The second kappa shape index (κ2) is 7.00. The van der Waals surface area contributed by atoms with E-state index in [2.05, 4.69) is 5.10 Å². The summed E-state index contributed by atoms with van der Waals surface area (Å²) < 4.78 is 7.43. The molecular formula is C17H23N3O3. The minimum Gasteiger partial charge on any atom is -0.456 e. The topological polar surface area (TPSA) is 71.5 Å². The summed E-state index contributed by atoms with van der Waals surface area (Å²) in [6.45, 7) is 4.05. The van der Waals surface area contributed by atoms with Gasteiger partial charge in [-0.1, -0.05) is 6.92 Å². The van der Waals surface area contributed by atoms with Crippen LogP contribution in [0.25, 0.3) is 0 Å². The van der Waals surface area contributed by atoms with Crippen molar-refractivity contribution in [1.29, 1.82) is 0 Å². The Morgan fingerprint density at radius 1 is 1.35 bits per heavy atom. The van der Waals surface area contributed by atoms with Crippen molar-refractivity contribution < 1.29 is 14.3 Å². The van der Waals surface area contributed by atoms with Crippen LogP contribution in [-0.4, -0.2) is 45.4 Å². The highest BCUT2D eigenvalue weighted by Crippen LogP contribution is 2.28. The number of rotatable bonds is 5. The fourth-order valence-corrected chi connectivity index (χ4v) is 3.19. The van der Waals surface area contributed by atoms with E-state index in [4.69, 9.17) is 9.52 Å². The minimum atomic E-state index is -0.0213. The molecule has 3 heterocycles. The Morgan fingerprint density at radius 2 is 2.13 bits per heavy atom. The van der Waals surface area contributed by atoms with Gasteiger partial charge in [0.05, 0.1) is 13.2 Å². The van der Waals surface area contributed by atoms with E-state index >= 15 is 0 Å². The molecule has 1 saturated heterocycles. The Labute approximate surface area is 135 Å². The van der Waals surface area contributed by atoms with Crippen LogP contribution < -0.4 is 0 Å². The highest BCUT2D eigenvalue weighted by molar-refractivity contribution is 5.91. The highest BCUT2D eigenvalue weighted by Gasteiger charge is 2.27. The first-order valence-corrected chi connectivity index (χ1v) is 8.23. The summed E-state index contributed by atoms with van der Waals surface area (Å²) in [5.74, 6) is 1.64. The van der Waals surface area contributed by atoms with Gasteiger partial charge in [0.2, 0.25) is 0 Å². The maximum atomic E-state index is 12.5. The van der Waals surface area contributed by atoms with Crippen molar-refractivity contribution in [2.75, 3.05) is 19.7 Å². The fraction of sp³-hybridized carbons (Fsp3) is 0.529. The molecular weight excluding hydrogens is 294 g/mol. The average Bonchev–Trinajstić information content (AvgIpc) is 3.24. The number of carbonyl (C=O) groups excluding carboxylic acids is 1. The molecule has 0 aromatic carbocycles. The quantitative estimate of drug-likeness (QED) is 0.916. The van der Waals surface area contributed by atoms with Crippen molar-refractivity contribution in [3.05, 3.63) is 41.6 Å². The summed E-state index contributed by atoms with van der Waals surface area (Å²) in [6.07, 6.45) is 4.39. The number of aromatic nitrogens is 2. The number of furan rings is 1. The number of likely N-dealkylation sites (tertiary alicyclic amines) is 1. The molecule has 2 aromatic rings. The van der Waals surface area contributed by atoms with E-state index in [0.29, 0.717) is 18.2 Å². The summed E-state index contributed by atoms with van der Waals surface area (Å²) >= 11 is 0. The molecule has 2 aromatic heterocycles. The van der Waals surface area contributed by atoms with Crippen molar-refractivity contribution in [3.63, 3.8) is 0 Å². The molecule has 124 valence electrons. The molecule has 1 fully saturated rings. The number of hydrogen-bond acceptors (Lipinski definition) is 4. The van der Waals surface area contributed by atoms with Crippen LogP contribution in [0.1, 0.15) is 47.7 Å². The van der Waals surface area contributed by atoms with Gasteiger partial charge in [-0.15, -0.1) is 0 Å². The van der Waals surface area contributed by atoms with Crippen LogP contribution in [0.4, 0.5) is 0 Å². The molecule has 0 saturated carbocycles. The summed E-state index contributed by atoms with van der Waals surface area (Å²) in [6, 6.07) is 5.65. The molecule has 0 spiro atoms. The first-order chi connectivity index (χ1) is 11.2. The lowest BCUT2D eigenvalue weighted by Crippen LogP contribution is -2.38. The van der Waals surface area contributed by atoms with Crippen LogP contribution in [-0.2, 0) is 13.0 Å². The molecule has 1 amide bonds. The van der Waals surface area contributed by atoms with Crippen molar-refractivity contribution in [2.24, 2.45) is 0 Å². The summed E-state index contributed by atoms with van der Waals surface area (Å²) in [7, 11) is 0. The van der Waals surface area contributed by atoms with Crippen molar-refractivity contribution in [3.8, 4) is 0 Å². The van der Waals surface area contributed by atoms with Gasteiger partial charge in [-0.2, -0.15) is 5.10 Å². The third kappa shape index (κ3) is 3.32. The van der Waals surface area contributed by atoms with Gasteiger partial charge in [0.1, 0.15) is 5.76 Å². The molecule has 0 bridgehead atoms. The largest absolute Gasteiger partial charge is 0.456 e. The molecule has 3 rings (SSSR count). The lowest BCUT2D eigenvalue weighted by molar-refractivity contribution is 0.0677. The van der Waals surface area contributed by atoms with Crippen molar-refractivity contribution >= 4 is 5.91 Å². The van der Waals surface area contributed by atoms with Crippen LogP contribution in [0.3, 0.4) is 0 Å². The van der Waals surface area contributed by atoms with Gasteiger partial charge < -0.3 is 14.4 Å². The van der Waals surface area contributed by atoms with E-state index in [-0.39, 0.29) is 12.5 Å². The average molecular weight is 317 g/mol. The summed E-state index contributed by atoms with van der Waals surface area (Å²) in [5.41, 5.74) is 1.15. The number of aryl methyl sites for hydroxylation is 1. The standard InChI is InChI=1S/C17H23N3O3/c1-2-14-3-4-16(23-14)17(22)19-9-6-13(7-10-19)15-5-8-18-20(15)11-12-21/h3-5,8,13,21H,2,6-7,9-12H2,1H3. The maximum absolute atomic E-state index is 12.5. The number of amides is 1. The third-order valence-corrected chi connectivity index (χ3v) is 4.48. The lowest BCUT2D eigenvalue weighted by Gasteiger charge is -2.31. The van der Waals surface area contributed by atoms with Gasteiger partial charge in [-0.05, 0) is 31.0 Å². The fourth-order valence-electron chi connectivity index (χ4n) is 3.19. The van der Waals surface area contributed by atoms with E-state index in [1.54, 1.807) is 12.3 Å². The lowest BCUT2D eigenvalue weighted by atomic mass is 9.93. The van der Waals surface area contributed by atoms with E-state index in [9.17, 15) is 4.79 Å². The first kappa shape index (κ1) is 15.8. The zero-order valence-corrected chi connectivity index (χ0v) is 13.4. The number of aliphatic hydroxyl groups is 1. The number of aliphatic hydroxyl groups excluding tert-OH is 1. The van der Waals surface area contributed by atoms with Crippen molar-refractivity contribution in [1.82, 2.24) is 14.7 Å². The Bertz CT molecular complexity index is 654. The van der Waals surface area contributed by atoms with Gasteiger partial charge in [0.25, 0.3) is 5.91 Å². The molecule has 0 radical (unpaired) electrons. The number of carbonyl (C=O) groups is 1. The van der Waals surface area contributed by atoms with E-state index in [1.807, 2.05) is 28.6 Å². The summed E-state index contributed by atoms with van der Waals surface area (Å²) in [5, 5.41) is 13.4. The van der Waals surface area contributed by atoms with Crippen LogP contribution in [0.2, 0.25) is 0 Å². The molecule has 1 aliphatic heterocycles. The normalized spacial score (nSPS) is 16.0. The molecule has 0 unspecified atom stereocenters. The van der Waals surface area contributed by atoms with Gasteiger partial charge in [0.15, 0.2) is 5.76 Å². The zero-order chi connectivity index (χ0) is 16.2. The number of piperidine rings is 1. The van der Waals surface area contributed by atoms with Gasteiger partial charge >= 0.3 is 0 Å². The minimum absolute atomic E-state index is 0.0213. The Morgan fingerprint density at radius 3 is 2.78 bits per heavy atom. The second-order valence-corrected chi connectivity index (χ2v) is 5.89. The first-order valence-electron chi connectivity index (χ1n) is 8.23. The number of nitrogens with zero attached hydrogens (tertiary/aromatic N) is 3. The van der Waals surface area contributed by atoms with E-state index < -0.39 is 0 Å². The van der Waals surface area contributed by atoms with Gasteiger partial charge in [-0.3, -0.25) is 9.48 Å². The van der Waals surface area contributed by atoms with Crippen LogP contribution in [0.5, 0.6) is 0 Å². The third-order valence-electron chi connectivity index (χ3n) is 4.48. The molecule has 6 heteroatoms.